The van der Waals surface area contributed by atoms with Gasteiger partial charge in [0, 0.05) is 11.8 Å². The first-order valence-corrected chi connectivity index (χ1v) is 12.4. The van der Waals surface area contributed by atoms with Gasteiger partial charge in [0.2, 0.25) is 5.88 Å². The van der Waals surface area contributed by atoms with Crippen molar-refractivity contribution in [3.05, 3.63) is 60.2 Å². The molecule has 2 aromatic carbocycles. The second kappa shape index (κ2) is 11.5. The van der Waals surface area contributed by atoms with Crippen LogP contribution in [0.1, 0.15) is 31.7 Å². The lowest BCUT2D eigenvalue weighted by Gasteiger charge is -2.15. The molecule has 11 heteroatoms. The van der Waals surface area contributed by atoms with Gasteiger partial charge in [0.05, 0.1) is 19.1 Å². The molecule has 1 unspecified atom stereocenters. The summed E-state index contributed by atoms with van der Waals surface area (Å²) < 4.78 is 43.6. The molecule has 186 valence electrons. The van der Waals surface area contributed by atoms with E-state index >= 15 is 0 Å². The lowest BCUT2D eigenvalue weighted by molar-refractivity contribution is -0.118. The fourth-order valence-electron chi connectivity index (χ4n) is 3.15. The molecule has 2 N–H and O–H groups in total. The Balaban J connectivity index is 1.63. The number of hydrogen-bond acceptors (Lipinski definition) is 8. The van der Waals surface area contributed by atoms with Gasteiger partial charge in [-0.1, -0.05) is 32.0 Å². The third kappa shape index (κ3) is 6.82. The highest BCUT2D eigenvalue weighted by Gasteiger charge is 2.17. The van der Waals surface area contributed by atoms with Gasteiger partial charge in [0.1, 0.15) is 5.75 Å². The van der Waals surface area contributed by atoms with Crippen molar-refractivity contribution >= 4 is 27.4 Å². The number of anilines is 2. The summed E-state index contributed by atoms with van der Waals surface area (Å²) in [5.74, 6) is 0.741. The average Bonchev–Trinajstić information content (AvgIpc) is 2.87. The predicted octanol–water partition coefficient (Wildman–Crippen LogP) is 3.83. The minimum Gasteiger partial charge on any atom is -0.483 e. The summed E-state index contributed by atoms with van der Waals surface area (Å²) in [7, 11) is -1.21. The van der Waals surface area contributed by atoms with Gasteiger partial charge in [0.15, 0.2) is 12.4 Å². The number of amides is 1. The Bertz CT molecular complexity index is 1240. The third-order valence-electron chi connectivity index (χ3n) is 5.18. The first kappa shape index (κ1) is 25.8. The lowest BCUT2D eigenvalue weighted by Crippen LogP contribution is -2.21. The van der Waals surface area contributed by atoms with Gasteiger partial charge < -0.3 is 19.5 Å². The molecule has 3 rings (SSSR count). The number of sulfonamides is 1. The van der Waals surface area contributed by atoms with E-state index in [9.17, 15) is 13.2 Å². The van der Waals surface area contributed by atoms with Gasteiger partial charge in [-0.05, 0) is 48.2 Å². The van der Waals surface area contributed by atoms with Crippen LogP contribution in [0.2, 0.25) is 0 Å². The molecule has 0 spiro atoms. The van der Waals surface area contributed by atoms with Crippen LogP contribution < -0.4 is 24.2 Å². The first-order valence-electron chi connectivity index (χ1n) is 10.9. The monoisotopic (exact) mass is 500 g/mol. The molecule has 1 heterocycles. The molecular weight excluding hydrogens is 472 g/mol. The zero-order valence-electron chi connectivity index (χ0n) is 19.9. The Labute approximate surface area is 204 Å². The number of carbonyl (C=O) groups excluding carboxylic acids is 1. The maximum atomic E-state index is 12.7. The number of para-hydroxylation sites is 1. The van der Waals surface area contributed by atoms with E-state index < -0.39 is 10.0 Å². The number of nitrogens with one attached hydrogen (secondary N) is 2. The Morgan fingerprint density at radius 1 is 1.03 bits per heavy atom. The molecule has 3 aromatic rings. The normalized spacial score (nSPS) is 11.9. The number of methoxy groups -OCH3 is 2. The van der Waals surface area contributed by atoms with Crippen molar-refractivity contribution in [3.8, 4) is 17.6 Å². The van der Waals surface area contributed by atoms with Crippen molar-refractivity contribution in [2.45, 2.75) is 31.1 Å². The number of nitrogens with zero attached hydrogens (tertiary/aromatic N) is 2. The van der Waals surface area contributed by atoms with E-state index in [-0.39, 0.29) is 35.1 Å². The molecule has 0 saturated carbocycles. The van der Waals surface area contributed by atoms with Gasteiger partial charge >= 0.3 is 6.01 Å². The Morgan fingerprint density at radius 2 is 1.74 bits per heavy atom. The van der Waals surface area contributed by atoms with Crippen molar-refractivity contribution in [1.29, 1.82) is 0 Å². The van der Waals surface area contributed by atoms with Crippen LogP contribution >= 0.6 is 0 Å². The molecule has 35 heavy (non-hydrogen) atoms. The number of benzene rings is 2. The zero-order chi connectivity index (χ0) is 25.4. The summed E-state index contributed by atoms with van der Waals surface area (Å²) in [4.78, 5) is 20.2. The molecule has 0 aliphatic carbocycles. The topological polar surface area (TPSA) is 129 Å². The summed E-state index contributed by atoms with van der Waals surface area (Å²) >= 11 is 0. The molecule has 10 nitrogen and oxygen atoms in total. The van der Waals surface area contributed by atoms with Crippen molar-refractivity contribution in [2.75, 3.05) is 30.9 Å². The molecular formula is C24H28N4O6S. The Kier molecular flexibility index (Phi) is 8.48. The highest BCUT2D eigenvalue weighted by molar-refractivity contribution is 7.92. The van der Waals surface area contributed by atoms with Crippen molar-refractivity contribution in [1.82, 2.24) is 9.97 Å². The van der Waals surface area contributed by atoms with E-state index in [1.165, 1.54) is 44.6 Å². The van der Waals surface area contributed by atoms with E-state index in [0.29, 0.717) is 17.4 Å². The van der Waals surface area contributed by atoms with Gasteiger partial charge in [0.25, 0.3) is 15.9 Å². The van der Waals surface area contributed by atoms with Crippen LogP contribution in [-0.2, 0) is 14.8 Å². The van der Waals surface area contributed by atoms with Crippen LogP contribution in [0.5, 0.6) is 17.6 Å². The van der Waals surface area contributed by atoms with Crippen LogP contribution in [0.4, 0.5) is 11.5 Å². The van der Waals surface area contributed by atoms with Crippen LogP contribution in [0, 0.1) is 0 Å². The van der Waals surface area contributed by atoms with Crippen LogP contribution in [0.15, 0.2) is 59.5 Å². The molecule has 0 aliphatic rings. The summed E-state index contributed by atoms with van der Waals surface area (Å²) in [6.07, 6.45) is 0.953. The number of rotatable bonds is 11. The number of carbonyl (C=O) groups is 1. The molecule has 1 amide bonds. The number of aromatic nitrogens is 2. The molecule has 0 radical (unpaired) electrons. The molecule has 1 aromatic heterocycles. The second-order valence-corrected chi connectivity index (χ2v) is 9.28. The smallest absolute Gasteiger partial charge is 0.321 e. The second-order valence-electron chi connectivity index (χ2n) is 7.60. The molecule has 0 bridgehead atoms. The van der Waals surface area contributed by atoms with Gasteiger partial charge in [-0.25, -0.2) is 8.42 Å². The van der Waals surface area contributed by atoms with Crippen molar-refractivity contribution < 1.29 is 27.4 Å². The third-order valence-corrected chi connectivity index (χ3v) is 6.55. The summed E-state index contributed by atoms with van der Waals surface area (Å²) in [6, 6.07) is 14.6. The van der Waals surface area contributed by atoms with Gasteiger partial charge in [-0.3, -0.25) is 9.52 Å². The molecule has 1 atom stereocenters. The molecule has 0 aliphatic heterocycles. The zero-order valence-corrected chi connectivity index (χ0v) is 20.8. The lowest BCUT2D eigenvalue weighted by atomic mass is 9.98. The van der Waals surface area contributed by atoms with E-state index in [1.807, 2.05) is 24.3 Å². The summed E-state index contributed by atoms with van der Waals surface area (Å²) in [5, 5.41) is 2.70. The van der Waals surface area contributed by atoms with Gasteiger partial charge in [-0.15, -0.1) is 0 Å². The standard InChI is InChI=1S/C24H28N4O6S/c1-5-16(2)19-8-6-7-9-20(19)34-15-22(29)25-17-10-12-18(13-11-17)35(30,31)28-21-14-23(32-3)27-24(26-21)33-4/h6-14,16H,5,15H2,1-4H3,(H,25,29)(H,26,27,28). The number of ether oxygens (including phenoxy) is 3. The van der Waals surface area contributed by atoms with E-state index in [4.69, 9.17) is 14.2 Å². The van der Waals surface area contributed by atoms with Gasteiger partial charge in [-0.2, -0.15) is 9.97 Å². The van der Waals surface area contributed by atoms with Crippen molar-refractivity contribution in [2.24, 2.45) is 0 Å². The fourth-order valence-corrected chi connectivity index (χ4v) is 4.14. The van der Waals surface area contributed by atoms with E-state index in [2.05, 4.69) is 33.9 Å². The van der Waals surface area contributed by atoms with E-state index in [1.54, 1.807) is 0 Å². The predicted molar refractivity (Wildman–Crippen MR) is 132 cm³/mol. The fraction of sp³-hybridized carbons (Fsp3) is 0.292. The Hall–Kier alpha value is -3.86. The molecule has 0 saturated heterocycles. The average molecular weight is 501 g/mol. The Morgan fingerprint density at radius 3 is 2.40 bits per heavy atom. The van der Waals surface area contributed by atoms with Crippen LogP contribution in [-0.4, -0.2) is 45.1 Å². The highest BCUT2D eigenvalue weighted by Crippen LogP contribution is 2.28. The molecule has 0 fully saturated rings. The minimum atomic E-state index is -3.96. The van der Waals surface area contributed by atoms with Crippen LogP contribution in [0.25, 0.3) is 0 Å². The first-order chi connectivity index (χ1) is 16.7. The van der Waals surface area contributed by atoms with E-state index in [0.717, 1.165) is 12.0 Å². The number of hydrogen-bond donors (Lipinski definition) is 2. The largest absolute Gasteiger partial charge is 0.483 e. The minimum absolute atomic E-state index is 0.0131. The maximum Gasteiger partial charge on any atom is 0.321 e. The quantitative estimate of drug-likeness (QED) is 0.407. The van der Waals surface area contributed by atoms with Crippen molar-refractivity contribution in [3.63, 3.8) is 0 Å². The summed E-state index contributed by atoms with van der Waals surface area (Å²) in [6.45, 7) is 4.02. The SMILES string of the molecule is CCC(C)c1ccccc1OCC(=O)Nc1ccc(S(=O)(=O)Nc2cc(OC)nc(OC)n2)cc1. The highest BCUT2D eigenvalue weighted by atomic mass is 32.2. The maximum absolute atomic E-state index is 12.7. The summed E-state index contributed by atoms with van der Waals surface area (Å²) in [5.41, 5.74) is 1.47. The van der Waals surface area contributed by atoms with Crippen LogP contribution in [0.3, 0.4) is 0 Å².